The molecule has 2 saturated heterocycles. The minimum atomic E-state index is -0.555. The van der Waals surface area contributed by atoms with Gasteiger partial charge in [0.15, 0.2) is 0 Å². The number of piperidine rings is 1. The van der Waals surface area contributed by atoms with Crippen LogP contribution in [0.4, 0.5) is 0 Å². The van der Waals surface area contributed by atoms with Gasteiger partial charge < -0.3 is 15.5 Å². The number of fused-ring (bicyclic) bond motifs is 1. The molecule has 1 aromatic carbocycles. The molecule has 0 spiro atoms. The van der Waals surface area contributed by atoms with Crippen molar-refractivity contribution >= 4 is 17.7 Å². The van der Waals surface area contributed by atoms with E-state index in [1.165, 1.54) is 44.2 Å². The van der Waals surface area contributed by atoms with Gasteiger partial charge in [-0.3, -0.25) is 24.6 Å². The maximum atomic E-state index is 12.9. The van der Waals surface area contributed by atoms with E-state index in [1.807, 2.05) is 12.1 Å². The van der Waals surface area contributed by atoms with Crippen molar-refractivity contribution in [3.63, 3.8) is 0 Å². The molecule has 186 valence electrons. The maximum Gasteiger partial charge on any atom is 0.255 e. The van der Waals surface area contributed by atoms with E-state index in [-0.39, 0.29) is 24.1 Å². The Balaban J connectivity index is 1.21. The SMILES string of the molecule is NCCCCCCCCN1CCN(Cc2ccc3c(c2)CN(C2CCC(=O)NC2=O)C3=O)CC1. The minimum absolute atomic E-state index is 0.107. The fraction of sp³-hybridized carbons (Fsp3) is 0.654. The number of benzene rings is 1. The van der Waals surface area contributed by atoms with E-state index in [0.29, 0.717) is 18.5 Å². The molecule has 3 N–H and O–H groups in total. The van der Waals surface area contributed by atoms with Crippen LogP contribution < -0.4 is 11.1 Å². The van der Waals surface area contributed by atoms with Crippen LogP contribution in [0, 0.1) is 0 Å². The third-order valence-corrected chi connectivity index (χ3v) is 7.39. The average molecular weight is 470 g/mol. The number of amides is 3. The van der Waals surface area contributed by atoms with Gasteiger partial charge in [0, 0.05) is 51.3 Å². The molecule has 3 heterocycles. The first-order valence-electron chi connectivity index (χ1n) is 13.0. The molecule has 0 aliphatic carbocycles. The van der Waals surface area contributed by atoms with Gasteiger partial charge in [-0.2, -0.15) is 0 Å². The smallest absolute Gasteiger partial charge is 0.255 e. The van der Waals surface area contributed by atoms with Gasteiger partial charge in [-0.25, -0.2) is 0 Å². The maximum absolute atomic E-state index is 12.9. The second-order valence-corrected chi connectivity index (χ2v) is 9.92. The Bertz CT molecular complexity index is 881. The lowest BCUT2D eigenvalue weighted by atomic mass is 10.0. The number of carbonyl (C=O) groups is 3. The van der Waals surface area contributed by atoms with Crippen molar-refractivity contribution in [2.75, 3.05) is 39.3 Å². The molecule has 1 atom stereocenters. The van der Waals surface area contributed by atoms with Crippen LogP contribution in [-0.2, 0) is 22.7 Å². The van der Waals surface area contributed by atoms with Crippen LogP contribution in [0.2, 0.25) is 0 Å². The fourth-order valence-electron chi connectivity index (χ4n) is 5.34. The lowest BCUT2D eigenvalue weighted by molar-refractivity contribution is -0.136. The highest BCUT2D eigenvalue weighted by molar-refractivity contribution is 6.05. The summed E-state index contributed by atoms with van der Waals surface area (Å²) in [5.41, 5.74) is 8.43. The topological polar surface area (TPSA) is 99.0 Å². The molecule has 8 heteroatoms. The molecule has 0 aromatic heterocycles. The van der Waals surface area contributed by atoms with E-state index in [4.69, 9.17) is 5.73 Å². The Morgan fingerprint density at radius 1 is 0.912 bits per heavy atom. The summed E-state index contributed by atoms with van der Waals surface area (Å²) >= 11 is 0. The highest BCUT2D eigenvalue weighted by atomic mass is 16.2. The summed E-state index contributed by atoms with van der Waals surface area (Å²) in [5.74, 6) is -0.725. The summed E-state index contributed by atoms with van der Waals surface area (Å²) in [6, 6.07) is 5.51. The predicted molar refractivity (Wildman–Crippen MR) is 131 cm³/mol. The van der Waals surface area contributed by atoms with E-state index in [0.717, 1.165) is 51.3 Å². The quantitative estimate of drug-likeness (QED) is 0.379. The number of rotatable bonds is 11. The Morgan fingerprint density at radius 3 is 2.35 bits per heavy atom. The van der Waals surface area contributed by atoms with E-state index in [9.17, 15) is 14.4 Å². The van der Waals surface area contributed by atoms with Crippen LogP contribution in [0.5, 0.6) is 0 Å². The monoisotopic (exact) mass is 469 g/mol. The van der Waals surface area contributed by atoms with Gasteiger partial charge in [-0.05, 0) is 49.5 Å². The molecule has 1 unspecified atom stereocenters. The summed E-state index contributed by atoms with van der Waals surface area (Å²) in [7, 11) is 0. The van der Waals surface area contributed by atoms with Gasteiger partial charge in [0.2, 0.25) is 11.8 Å². The Kier molecular flexibility index (Phi) is 8.69. The standard InChI is InChI=1S/C26H39N5O3/c27-11-5-3-1-2-4-6-12-29-13-15-30(16-14-29)18-20-7-8-22-21(17-20)19-31(26(22)34)23-9-10-24(32)28-25(23)33/h7-8,17,23H,1-6,9-16,18-19,27H2,(H,28,32,33). The van der Waals surface area contributed by atoms with Gasteiger partial charge in [-0.1, -0.05) is 37.8 Å². The van der Waals surface area contributed by atoms with Crippen LogP contribution >= 0.6 is 0 Å². The van der Waals surface area contributed by atoms with Gasteiger partial charge >= 0.3 is 0 Å². The van der Waals surface area contributed by atoms with Gasteiger partial charge in [0.25, 0.3) is 5.91 Å². The lowest BCUT2D eigenvalue weighted by Crippen LogP contribution is -2.52. The molecule has 3 amide bonds. The molecule has 2 fully saturated rings. The third kappa shape index (κ3) is 6.23. The second kappa shape index (κ2) is 11.9. The third-order valence-electron chi connectivity index (χ3n) is 7.39. The van der Waals surface area contributed by atoms with Gasteiger partial charge in [-0.15, -0.1) is 0 Å². The number of nitrogens with two attached hydrogens (primary N) is 1. The number of hydrogen-bond donors (Lipinski definition) is 2. The summed E-state index contributed by atoms with van der Waals surface area (Å²) < 4.78 is 0. The minimum Gasteiger partial charge on any atom is -0.330 e. The van der Waals surface area contributed by atoms with Crippen molar-refractivity contribution in [1.82, 2.24) is 20.0 Å². The predicted octanol–water partition coefficient (Wildman–Crippen LogP) is 1.86. The summed E-state index contributed by atoms with van der Waals surface area (Å²) in [6.45, 7) is 7.68. The second-order valence-electron chi connectivity index (χ2n) is 9.92. The van der Waals surface area contributed by atoms with E-state index < -0.39 is 6.04 Å². The van der Waals surface area contributed by atoms with E-state index in [2.05, 4.69) is 21.2 Å². The van der Waals surface area contributed by atoms with Crippen molar-refractivity contribution in [2.24, 2.45) is 5.73 Å². The highest BCUT2D eigenvalue weighted by Gasteiger charge is 2.39. The number of nitrogens with one attached hydrogen (secondary N) is 1. The lowest BCUT2D eigenvalue weighted by Gasteiger charge is -2.34. The molecule has 3 aliphatic rings. The van der Waals surface area contributed by atoms with Crippen LogP contribution in [-0.4, -0.2) is 77.7 Å². The van der Waals surface area contributed by atoms with E-state index in [1.54, 1.807) is 4.90 Å². The van der Waals surface area contributed by atoms with Crippen molar-refractivity contribution < 1.29 is 14.4 Å². The van der Waals surface area contributed by atoms with Crippen LogP contribution in [0.15, 0.2) is 18.2 Å². The first kappa shape index (κ1) is 24.8. The first-order chi connectivity index (χ1) is 16.5. The van der Waals surface area contributed by atoms with Crippen LogP contribution in [0.1, 0.15) is 72.9 Å². The highest BCUT2D eigenvalue weighted by Crippen LogP contribution is 2.28. The van der Waals surface area contributed by atoms with E-state index >= 15 is 0 Å². The average Bonchev–Trinajstić information content (AvgIpc) is 3.15. The molecular weight excluding hydrogens is 430 g/mol. The zero-order chi connectivity index (χ0) is 23.9. The zero-order valence-electron chi connectivity index (χ0n) is 20.3. The molecule has 0 radical (unpaired) electrons. The zero-order valence-corrected chi connectivity index (χ0v) is 20.3. The molecule has 0 saturated carbocycles. The first-order valence-corrected chi connectivity index (χ1v) is 13.0. The van der Waals surface area contributed by atoms with Gasteiger partial charge in [0.1, 0.15) is 6.04 Å². The Morgan fingerprint density at radius 2 is 1.62 bits per heavy atom. The number of imide groups is 1. The molecule has 4 rings (SSSR count). The summed E-state index contributed by atoms with van der Waals surface area (Å²) in [6.07, 6.45) is 8.32. The fourth-order valence-corrected chi connectivity index (χ4v) is 5.34. The number of piperazine rings is 1. The molecule has 3 aliphatic heterocycles. The van der Waals surface area contributed by atoms with Crippen LogP contribution in [0.3, 0.4) is 0 Å². The molecule has 1 aromatic rings. The summed E-state index contributed by atoms with van der Waals surface area (Å²) in [5, 5.41) is 2.36. The van der Waals surface area contributed by atoms with Crippen molar-refractivity contribution in [3.8, 4) is 0 Å². The number of hydrogen-bond acceptors (Lipinski definition) is 6. The number of unbranched alkanes of at least 4 members (excludes halogenated alkanes) is 5. The van der Waals surface area contributed by atoms with Crippen molar-refractivity contribution in [1.29, 1.82) is 0 Å². The normalized spacial score (nSPS) is 21.7. The Hall–Kier alpha value is -2.29. The molecule has 34 heavy (non-hydrogen) atoms. The Labute approximate surface area is 202 Å². The summed E-state index contributed by atoms with van der Waals surface area (Å²) in [4.78, 5) is 43.2. The van der Waals surface area contributed by atoms with Gasteiger partial charge in [0.05, 0.1) is 0 Å². The number of nitrogens with zero attached hydrogens (tertiary/aromatic N) is 3. The molecule has 0 bridgehead atoms. The largest absolute Gasteiger partial charge is 0.330 e. The number of carbonyl (C=O) groups excluding carboxylic acids is 3. The molecular formula is C26H39N5O3. The van der Waals surface area contributed by atoms with Crippen LogP contribution in [0.25, 0.3) is 0 Å². The molecule has 8 nitrogen and oxygen atoms in total. The van der Waals surface area contributed by atoms with Crippen molar-refractivity contribution in [3.05, 3.63) is 34.9 Å². The van der Waals surface area contributed by atoms with Crippen molar-refractivity contribution in [2.45, 2.75) is 70.5 Å².